The summed E-state index contributed by atoms with van der Waals surface area (Å²) in [7, 11) is 0. The molecule has 0 aliphatic heterocycles. The summed E-state index contributed by atoms with van der Waals surface area (Å²) in [6.45, 7) is 4.97. The molecule has 1 heterocycles. The molecule has 1 aromatic heterocycles. The number of hydrogen-bond donors (Lipinski definition) is 2. The molecular formula is C25H27F2NO5S2. The van der Waals surface area contributed by atoms with Crippen LogP contribution in [0.3, 0.4) is 0 Å². The lowest BCUT2D eigenvalue weighted by atomic mass is 9.44. The fraction of sp³-hybridized carbons (Fsp3) is 0.600. The lowest BCUT2D eigenvalue weighted by molar-refractivity contribution is -0.221. The van der Waals surface area contributed by atoms with Crippen LogP contribution in [0.1, 0.15) is 49.7 Å². The highest BCUT2D eigenvalue weighted by Gasteiger charge is 2.78. The fourth-order valence-electron chi connectivity index (χ4n) is 7.75. The number of aliphatic hydroxyl groups is 1. The predicted octanol–water partition coefficient (Wildman–Crippen LogP) is 4.06. The van der Waals surface area contributed by atoms with Crippen molar-refractivity contribution in [3.05, 3.63) is 40.4 Å². The van der Waals surface area contributed by atoms with Gasteiger partial charge in [0.15, 0.2) is 17.1 Å². The van der Waals surface area contributed by atoms with Crippen LogP contribution in [-0.2, 0) is 14.3 Å². The average molecular weight is 524 g/mol. The number of alkyl halides is 2. The number of allylic oxidation sites excluding steroid dienone is 4. The number of aliphatic hydroxyl groups excluding tert-OH is 1. The van der Waals surface area contributed by atoms with E-state index in [0.29, 0.717) is 0 Å². The third-order valence-corrected chi connectivity index (χ3v) is 10.5. The third kappa shape index (κ3) is 2.96. The number of thiazole rings is 1. The number of hydrogen-bond acceptors (Lipinski definition) is 7. The summed E-state index contributed by atoms with van der Waals surface area (Å²) in [4.78, 5) is 42.2. The van der Waals surface area contributed by atoms with Gasteiger partial charge in [0.05, 0.1) is 17.8 Å². The number of carbonyl (C=O) groups is 3. The molecule has 4 aliphatic rings. The van der Waals surface area contributed by atoms with Crippen LogP contribution >= 0.6 is 24.0 Å². The highest BCUT2D eigenvalue weighted by atomic mass is 32.1. The van der Waals surface area contributed by atoms with Gasteiger partial charge >= 0.3 is 5.97 Å². The summed E-state index contributed by atoms with van der Waals surface area (Å²) in [6.07, 6.45) is 1.71. The summed E-state index contributed by atoms with van der Waals surface area (Å²) in [6, 6.07) is 0. The number of halogens is 2. The first kappa shape index (κ1) is 24.8. The molecule has 10 heteroatoms. The van der Waals surface area contributed by atoms with Gasteiger partial charge in [-0.3, -0.25) is 14.6 Å². The Bertz CT molecular complexity index is 1170. The molecule has 0 spiro atoms. The van der Waals surface area contributed by atoms with Gasteiger partial charge in [0, 0.05) is 22.7 Å². The van der Waals surface area contributed by atoms with Crippen molar-refractivity contribution in [3.8, 4) is 0 Å². The lowest BCUT2D eigenvalue weighted by Crippen LogP contribution is -2.70. The van der Waals surface area contributed by atoms with Crippen LogP contribution in [0.25, 0.3) is 0 Å². The van der Waals surface area contributed by atoms with Crippen molar-refractivity contribution < 1.29 is 33.0 Å². The molecule has 1 N–H and O–H groups in total. The Balaban J connectivity index is 1.62. The maximum Gasteiger partial charge on any atom is 0.351 e. The minimum absolute atomic E-state index is 0.0330. The van der Waals surface area contributed by atoms with Crippen molar-refractivity contribution in [1.82, 2.24) is 4.98 Å². The number of thiol groups is 1. The van der Waals surface area contributed by atoms with Crippen molar-refractivity contribution >= 4 is 40.8 Å². The zero-order valence-corrected chi connectivity index (χ0v) is 21.2. The largest absolute Gasteiger partial charge is 0.445 e. The standard InChI is InChI=1S/C25H27F2NO5S2/c1-12-6-14-15-8-17(26)16-7-13(29)4-5-22(16,2)24(15,27)19(30)9-23(14,3)25(12,21(32)34)33-20(31)18-10-28-11-35-18/h4-5,7,10-12,14-15,17,19,30H,6,8-9H2,1-3H3,(H,32,34)/t12-,14+,15+,17+,19+,22+,23+,24+,25+/m1/s1. The van der Waals surface area contributed by atoms with E-state index >= 15 is 8.78 Å². The van der Waals surface area contributed by atoms with Crippen molar-refractivity contribution in [1.29, 1.82) is 0 Å². The Morgan fingerprint density at radius 3 is 2.63 bits per heavy atom. The van der Waals surface area contributed by atoms with E-state index in [2.05, 4.69) is 17.6 Å². The van der Waals surface area contributed by atoms with Gasteiger partial charge in [0.2, 0.25) is 5.12 Å². The number of carbonyl (C=O) groups excluding carboxylic acids is 3. The quantitative estimate of drug-likeness (QED) is 0.459. The van der Waals surface area contributed by atoms with Gasteiger partial charge in [-0.05, 0) is 49.8 Å². The van der Waals surface area contributed by atoms with Crippen molar-refractivity contribution in [2.24, 2.45) is 28.6 Å². The molecule has 0 aromatic carbocycles. The second-order valence-electron chi connectivity index (χ2n) is 10.8. The summed E-state index contributed by atoms with van der Waals surface area (Å²) < 4.78 is 38.8. The number of fused-ring (bicyclic) bond motifs is 5. The lowest BCUT2D eigenvalue weighted by Gasteiger charge is -2.63. The van der Waals surface area contributed by atoms with Crippen LogP contribution in [-0.4, -0.2) is 50.5 Å². The highest BCUT2D eigenvalue weighted by Crippen LogP contribution is 2.71. The van der Waals surface area contributed by atoms with E-state index < -0.39 is 69.0 Å². The molecule has 0 amide bonds. The molecule has 0 bridgehead atoms. The van der Waals surface area contributed by atoms with E-state index in [1.54, 1.807) is 13.8 Å². The first-order valence-electron chi connectivity index (χ1n) is 11.6. The normalized spacial score (nSPS) is 46.3. The van der Waals surface area contributed by atoms with Crippen molar-refractivity contribution in [3.63, 3.8) is 0 Å². The van der Waals surface area contributed by atoms with E-state index in [1.165, 1.54) is 30.8 Å². The van der Waals surface area contributed by atoms with Crippen LogP contribution in [0.4, 0.5) is 8.78 Å². The average Bonchev–Trinajstić information content (AvgIpc) is 3.39. The van der Waals surface area contributed by atoms with Crippen LogP contribution in [0, 0.1) is 28.6 Å². The Hall–Kier alpha value is -1.91. The topological polar surface area (TPSA) is 93.6 Å². The van der Waals surface area contributed by atoms with E-state index in [-0.39, 0.29) is 29.7 Å². The second-order valence-corrected chi connectivity index (χ2v) is 12.1. The number of nitrogens with zero attached hydrogens (tertiary/aromatic N) is 1. The number of ether oxygens (including phenoxy) is 1. The number of ketones is 1. The van der Waals surface area contributed by atoms with Gasteiger partial charge in [0.1, 0.15) is 11.0 Å². The number of aromatic nitrogens is 1. The fourth-order valence-corrected chi connectivity index (χ4v) is 8.77. The van der Waals surface area contributed by atoms with Gasteiger partial charge in [-0.1, -0.05) is 19.9 Å². The van der Waals surface area contributed by atoms with Gasteiger partial charge in [-0.2, -0.15) is 0 Å². The van der Waals surface area contributed by atoms with Crippen LogP contribution in [0.15, 0.2) is 35.5 Å². The molecule has 0 radical (unpaired) electrons. The van der Waals surface area contributed by atoms with E-state index in [4.69, 9.17) is 4.74 Å². The molecule has 9 atom stereocenters. The van der Waals surface area contributed by atoms with E-state index in [0.717, 1.165) is 17.4 Å². The molecule has 3 fully saturated rings. The summed E-state index contributed by atoms with van der Waals surface area (Å²) in [5, 5.41) is 10.7. The SMILES string of the molecule is C[C@@H]1C[C@H]2[C@@H]3C[C@H](F)C4=CC(=O)C=C[C@]4(C)[C@@]3(F)[C@@H](O)C[C@]2(C)[C@@]1(OC(=O)c1cncs1)C(=O)S. The summed E-state index contributed by atoms with van der Waals surface area (Å²) in [5.74, 6) is -3.28. The molecule has 188 valence electrons. The minimum Gasteiger partial charge on any atom is -0.445 e. The summed E-state index contributed by atoms with van der Waals surface area (Å²) in [5.41, 5.74) is -5.25. The monoisotopic (exact) mass is 523 g/mol. The Morgan fingerprint density at radius 2 is 2.00 bits per heavy atom. The van der Waals surface area contributed by atoms with Gasteiger partial charge in [-0.25, -0.2) is 13.6 Å². The number of esters is 1. The summed E-state index contributed by atoms with van der Waals surface area (Å²) >= 11 is 5.20. The predicted molar refractivity (Wildman–Crippen MR) is 127 cm³/mol. The molecular weight excluding hydrogens is 496 g/mol. The van der Waals surface area contributed by atoms with Crippen LogP contribution in [0.5, 0.6) is 0 Å². The molecule has 0 saturated heterocycles. The van der Waals surface area contributed by atoms with Gasteiger partial charge in [-0.15, -0.1) is 24.0 Å². The van der Waals surface area contributed by atoms with Crippen LogP contribution in [0.2, 0.25) is 0 Å². The molecule has 0 unspecified atom stereocenters. The smallest absolute Gasteiger partial charge is 0.351 e. The number of rotatable bonds is 3. The Morgan fingerprint density at radius 1 is 1.29 bits per heavy atom. The zero-order chi connectivity index (χ0) is 25.6. The highest BCUT2D eigenvalue weighted by molar-refractivity contribution is 7.96. The second kappa shape index (κ2) is 7.79. The Kier molecular flexibility index (Phi) is 5.51. The van der Waals surface area contributed by atoms with Crippen LogP contribution < -0.4 is 0 Å². The minimum atomic E-state index is -2.28. The van der Waals surface area contributed by atoms with Crippen molar-refractivity contribution in [2.75, 3.05) is 0 Å². The molecule has 35 heavy (non-hydrogen) atoms. The van der Waals surface area contributed by atoms with Gasteiger partial charge in [0.25, 0.3) is 0 Å². The van der Waals surface area contributed by atoms with Crippen molar-refractivity contribution in [2.45, 2.75) is 63.6 Å². The maximum absolute atomic E-state index is 17.3. The first-order chi connectivity index (χ1) is 16.3. The van der Waals surface area contributed by atoms with Gasteiger partial charge < -0.3 is 9.84 Å². The molecule has 6 nitrogen and oxygen atoms in total. The maximum atomic E-state index is 17.3. The third-order valence-electron chi connectivity index (χ3n) is 9.37. The molecule has 5 rings (SSSR count). The first-order valence-corrected chi connectivity index (χ1v) is 13.0. The molecule has 3 saturated carbocycles. The molecule has 1 aromatic rings. The Labute approximate surface area is 211 Å². The molecule has 4 aliphatic carbocycles. The zero-order valence-electron chi connectivity index (χ0n) is 19.5. The van der Waals surface area contributed by atoms with E-state index in [9.17, 15) is 19.5 Å². The van der Waals surface area contributed by atoms with E-state index in [1.807, 2.05) is 0 Å².